The molecule has 5 rings (SSSR count). The molecule has 154 valence electrons. The number of fused-ring (bicyclic) bond motifs is 2. The molecule has 3 aromatic rings. The number of Topliss-reactive ketones (excluding diaryl/α,β-unsaturated/α-hetero) is 1. The average Bonchev–Trinajstić information content (AvgIpc) is 3.23. The van der Waals surface area contributed by atoms with E-state index in [0.29, 0.717) is 23.4 Å². The summed E-state index contributed by atoms with van der Waals surface area (Å²) in [4.78, 5) is 14.4. The Morgan fingerprint density at radius 1 is 1.20 bits per heavy atom. The van der Waals surface area contributed by atoms with E-state index in [2.05, 4.69) is 6.92 Å². The first-order chi connectivity index (χ1) is 14.5. The molecule has 0 aliphatic carbocycles. The van der Waals surface area contributed by atoms with Gasteiger partial charge in [0, 0.05) is 35.3 Å². The van der Waals surface area contributed by atoms with E-state index in [4.69, 9.17) is 4.74 Å². The van der Waals surface area contributed by atoms with Crippen molar-refractivity contribution in [3.8, 4) is 11.5 Å². The van der Waals surface area contributed by atoms with Gasteiger partial charge in [0.2, 0.25) is 5.78 Å². The molecule has 0 saturated carbocycles. The van der Waals surface area contributed by atoms with E-state index in [1.807, 2.05) is 42.1 Å². The number of benzene rings is 2. The summed E-state index contributed by atoms with van der Waals surface area (Å²) >= 11 is 0. The first kappa shape index (κ1) is 18.9. The second-order valence-electron chi connectivity index (χ2n) is 8.68. The van der Waals surface area contributed by atoms with Crippen molar-refractivity contribution in [1.82, 2.24) is 4.57 Å². The number of nitrogens with one attached hydrogen (secondary N) is 1. The smallest absolute Gasteiger partial charge is 0.231 e. The van der Waals surface area contributed by atoms with E-state index in [0.717, 1.165) is 35.5 Å². The van der Waals surface area contributed by atoms with E-state index in [-0.39, 0.29) is 17.3 Å². The lowest BCUT2D eigenvalue weighted by molar-refractivity contribution is -0.919. The molecule has 1 aromatic heterocycles. The summed E-state index contributed by atoms with van der Waals surface area (Å²) in [6.07, 6.45) is 6.14. The van der Waals surface area contributed by atoms with Crippen LogP contribution in [0.1, 0.15) is 41.3 Å². The van der Waals surface area contributed by atoms with E-state index < -0.39 is 0 Å². The lowest BCUT2D eigenvalue weighted by Gasteiger charge is -2.29. The van der Waals surface area contributed by atoms with Gasteiger partial charge in [-0.25, -0.2) is 0 Å². The number of carbonyl (C=O) groups is 1. The van der Waals surface area contributed by atoms with Crippen LogP contribution < -0.4 is 14.7 Å². The third-order valence-electron chi connectivity index (χ3n) is 6.52. The number of nitrogens with zero attached hydrogens (tertiary/aromatic N) is 1. The van der Waals surface area contributed by atoms with E-state index in [1.54, 1.807) is 12.1 Å². The Labute approximate surface area is 176 Å². The summed E-state index contributed by atoms with van der Waals surface area (Å²) in [5, 5.41) is 13.7. The zero-order valence-corrected chi connectivity index (χ0v) is 17.4. The Morgan fingerprint density at radius 2 is 1.97 bits per heavy atom. The second kappa shape index (κ2) is 7.33. The predicted molar refractivity (Wildman–Crippen MR) is 115 cm³/mol. The van der Waals surface area contributed by atoms with Crippen LogP contribution in [0.4, 0.5) is 0 Å². The van der Waals surface area contributed by atoms with Crippen LogP contribution in [0.3, 0.4) is 0 Å². The maximum atomic E-state index is 13.0. The number of carbonyl (C=O) groups excluding carboxylic acids is 1. The fourth-order valence-corrected chi connectivity index (χ4v) is 4.68. The molecule has 5 nitrogen and oxygen atoms in total. The van der Waals surface area contributed by atoms with E-state index in [9.17, 15) is 9.90 Å². The van der Waals surface area contributed by atoms with Gasteiger partial charge in [0.05, 0.1) is 18.7 Å². The number of likely N-dealkylation sites (tertiary alicyclic amines) is 1. The molecule has 3 heterocycles. The van der Waals surface area contributed by atoms with Crippen LogP contribution in [0.25, 0.3) is 17.0 Å². The van der Waals surface area contributed by atoms with Crippen LogP contribution in [0, 0.1) is 5.92 Å². The Hall–Kier alpha value is -3.05. The molecule has 5 heteroatoms. The molecule has 1 N–H and O–H groups in total. The third-order valence-corrected chi connectivity index (χ3v) is 6.52. The number of para-hydroxylation sites is 1. The number of hydrogen-bond donors (Lipinski definition) is 1. The average molecular weight is 402 g/mol. The van der Waals surface area contributed by atoms with Crippen molar-refractivity contribution >= 4 is 22.8 Å². The van der Waals surface area contributed by atoms with Crippen LogP contribution in [-0.4, -0.2) is 23.4 Å². The highest BCUT2D eigenvalue weighted by Crippen LogP contribution is 2.38. The van der Waals surface area contributed by atoms with Crippen molar-refractivity contribution in [3.63, 3.8) is 0 Å². The molecular formula is C25H26N2O3. The van der Waals surface area contributed by atoms with Crippen LogP contribution >= 0.6 is 0 Å². The van der Waals surface area contributed by atoms with Gasteiger partial charge in [-0.05, 0) is 37.0 Å². The number of piperidine rings is 1. The normalized spacial score (nSPS) is 22.5. The minimum absolute atomic E-state index is 0.0425. The van der Waals surface area contributed by atoms with Crippen LogP contribution in [-0.2, 0) is 13.6 Å². The van der Waals surface area contributed by atoms with Crippen LogP contribution in [0.2, 0.25) is 0 Å². The number of quaternary nitrogens is 1. The maximum absolute atomic E-state index is 13.0. The number of ketones is 1. The Morgan fingerprint density at radius 3 is 2.77 bits per heavy atom. The lowest BCUT2D eigenvalue weighted by atomic mass is 9.98. The molecule has 0 atom stereocenters. The SMILES string of the molecule is CC1CC[NH+](Cc2c([O-])ccc3c2OC(=Cc2cn(C)c4ccccc24)C3=O)CC1. The quantitative estimate of drug-likeness (QED) is 0.686. The number of aryl methyl sites for hydroxylation is 1. The molecule has 2 aliphatic heterocycles. The minimum Gasteiger partial charge on any atom is -0.872 e. The van der Waals surface area contributed by atoms with Crippen molar-refractivity contribution in [1.29, 1.82) is 0 Å². The molecular weight excluding hydrogens is 376 g/mol. The third kappa shape index (κ3) is 3.19. The Balaban J connectivity index is 1.49. The van der Waals surface area contributed by atoms with Gasteiger partial charge >= 0.3 is 0 Å². The van der Waals surface area contributed by atoms with Crippen molar-refractivity contribution < 1.29 is 19.5 Å². The topological polar surface area (TPSA) is 58.7 Å². The minimum atomic E-state index is -0.151. The molecule has 0 amide bonds. The lowest BCUT2D eigenvalue weighted by Crippen LogP contribution is -3.11. The van der Waals surface area contributed by atoms with Gasteiger partial charge in [-0.2, -0.15) is 0 Å². The largest absolute Gasteiger partial charge is 0.872 e. The van der Waals surface area contributed by atoms with Crippen molar-refractivity contribution in [3.05, 3.63) is 65.0 Å². The van der Waals surface area contributed by atoms with Gasteiger partial charge in [0.15, 0.2) is 5.76 Å². The summed E-state index contributed by atoms with van der Waals surface area (Å²) in [6.45, 7) is 5.00. The molecule has 2 aromatic carbocycles. The van der Waals surface area contributed by atoms with Gasteiger partial charge in [0.25, 0.3) is 0 Å². The molecule has 30 heavy (non-hydrogen) atoms. The zero-order chi connectivity index (χ0) is 20.8. The van der Waals surface area contributed by atoms with Crippen LogP contribution in [0.15, 0.2) is 48.4 Å². The first-order valence-electron chi connectivity index (χ1n) is 10.7. The molecule has 0 unspecified atom stereocenters. The van der Waals surface area contributed by atoms with Gasteiger partial charge in [-0.1, -0.05) is 36.9 Å². The summed E-state index contributed by atoms with van der Waals surface area (Å²) in [5.74, 6) is 1.30. The Bertz CT molecular complexity index is 1170. The molecule has 0 radical (unpaired) electrons. The molecule has 0 bridgehead atoms. The van der Waals surface area contributed by atoms with Crippen molar-refractivity contribution in [2.75, 3.05) is 13.1 Å². The first-order valence-corrected chi connectivity index (χ1v) is 10.7. The maximum Gasteiger partial charge on any atom is 0.231 e. The van der Waals surface area contributed by atoms with Gasteiger partial charge < -0.3 is 19.3 Å². The van der Waals surface area contributed by atoms with Gasteiger partial charge in [-0.15, -0.1) is 0 Å². The summed E-state index contributed by atoms with van der Waals surface area (Å²) in [7, 11) is 1.99. The van der Waals surface area contributed by atoms with E-state index in [1.165, 1.54) is 23.8 Å². The second-order valence-corrected chi connectivity index (χ2v) is 8.68. The molecule has 0 spiro atoms. The fraction of sp³-hybridized carbons (Fsp3) is 0.320. The number of allylic oxidation sites excluding steroid dienone is 1. The number of hydrogen-bond acceptors (Lipinski definition) is 3. The summed E-state index contributed by atoms with van der Waals surface area (Å²) < 4.78 is 8.08. The molecule has 1 fully saturated rings. The predicted octanol–water partition coefficient (Wildman–Crippen LogP) is 2.68. The zero-order valence-electron chi connectivity index (χ0n) is 17.4. The van der Waals surface area contributed by atoms with Gasteiger partial charge in [0.1, 0.15) is 12.3 Å². The van der Waals surface area contributed by atoms with Gasteiger partial charge in [-0.3, -0.25) is 4.79 Å². The monoisotopic (exact) mass is 402 g/mol. The number of aromatic nitrogens is 1. The standard InChI is InChI=1S/C25H26N2O3/c1-16-9-11-27(12-10-16)15-20-22(28)8-7-19-24(29)23(30-25(19)20)13-17-14-26(2)21-6-4-3-5-18(17)21/h3-8,13-14,16,28H,9-12,15H2,1-2H3. The molecule has 2 aliphatic rings. The summed E-state index contributed by atoms with van der Waals surface area (Å²) in [5.41, 5.74) is 3.16. The van der Waals surface area contributed by atoms with E-state index >= 15 is 0 Å². The molecule has 1 saturated heterocycles. The van der Waals surface area contributed by atoms with Crippen LogP contribution in [0.5, 0.6) is 11.5 Å². The fourth-order valence-electron chi connectivity index (χ4n) is 4.68. The van der Waals surface area contributed by atoms with Crippen molar-refractivity contribution in [2.45, 2.75) is 26.3 Å². The number of rotatable bonds is 3. The summed E-state index contributed by atoms with van der Waals surface area (Å²) in [6, 6.07) is 11.2. The number of ether oxygens (including phenoxy) is 1. The highest BCUT2D eigenvalue weighted by Gasteiger charge is 2.32. The van der Waals surface area contributed by atoms with Crippen molar-refractivity contribution in [2.24, 2.45) is 13.0 Å². The Kier molecular flexibility index (Phi) is 4.63. The highest BCUT2D eigenvalue weighted by atomic mass is 16.5. The highest BCUT2D eigenvalue weighted by molar-refractivity contribution is 6.15.